The van der Waals surface area contributed by atoms with Crippen LogP contribution in [0, 0.1) is 12.5 Å². The van der Waals surface area contributed by atoms with Gasteiger partial charge in [-0.1, -0.05) is 44.2 Å². The van der Waals surface area contributed by atoms with Gasteiger partial charge in [0.2, 0.25) is 5.69 Å². The Hall–Kier alpha value is -3.12. The molecule has 0 spiro atoms. The highest BCUT2D eigenvalue weighted by atomic mass is 16.3. The number of nitrogens with zero attached hydrogens (tertiary/aromatic N) is 2. The van der Waals surface area contributed by atoms with Crippen LogP contribution < -0.4 is 0 Å². The maximum atomic E-state index is 8.42. The third-order valence-corrected chi connectivity index (χ3v) is 4.14. The van der Waals surface area contributed by atoms with E-state index in [2.05, 4.69) is 9.83 Å². The number of hydrogen-bond acceptors (Lipinski definition) is 2. The molecule has 0 aliphatic rings. The molecule has 3 nitrogen and oxygen atoms in total. The molecule has 4 aromatic rings. The highest BCUT2D eigenvalue weighted by Crippen LogP contribution is 2.40. The smallest absolute Gasteiger partial charge is 0.232 e. The molecule has 0 saturated heterocycles. The highest BCUT2D eigenvalue weighted by Gasteiger charge is 2.17. The predicted octanol–water partition coefficient (Wildman–Crippen LogP) is 6.40. The van der Waals surface area contributed by atoms with E-state index in [9.17, 15) is 0 Å². The lowest BCUT2D eigenvalue weighted by Gasteiger charge is -2.07. The molecule has 0 atom stereocenters. The van der Waals surface area contributed by atoms with Gasteiger partial charge in [0, 0.05) is 25.3 Å². The molecule has 4 rings (SSSR count). The fourth-order valence-corrected chi connectivity index (χ4v) is 3.11. The predicted molar refractivity (Wildman–Crippen MR) is 102 cm³/mol. The van der Waals surface area contributed by atoms with Crippen molar-refractivity contribution in [1.82, 2.24) is 4.98 Å². The summed E-state index contributed by atoms with van der Waals surface area (Å²) in [7, 11) is 0. The molecule has 0 radical (unpaired) electrons. The van der Waals surface area contributed by atoms with Crippen LogP contribution in [0.4, 0.5) is 5.69 Å². The van der Waals surface area contributed by atoms with Crippen molar-refractivity contribution in [2.24, 2.45) is 5.92 Å². The van der Waals surface area contributed by atoms with Gasteiger partial charge in [-0.05, 0) is 36.1 Å². The topological polar surface area (TPSA) is 30.4 Å². The van der Waals surface area contributed by atoms with Crippen molar-refractivity contribution in [3.05, 3.63) is 71.7 Å². The average Bonchev–Trinajstić information content (AvgIpc) is 3.06. The van der Waals surface area contributed by atoms with Gasteiger partial charge in [-0.25, -0.2) is 4.85 Å². The van der Waals surface area contributed by atoms with E-state index in [1.807, 2.05) is 56.3 Å². The first kappa shape index (κ1) is 13.2. The van der Waals surface area contributed by atoms with Crippen molar-refractivity contribution in [3.63, 3.8) is 0 Å². The molecule has 0 unspecified atom stereocenters. The van der Waals surface area contributed by atoms with E-state index in [0.717, 1.165) is 22.0 Å². The largest absolute Gasteiger partial charge is 0.466 e. The van der Waals surface area contributed by atoms with Gasteiger partial charge in [-0.3, -0.25) is 4.98 Å². The van der Waals surface area contributed by atoms with E-state index in [4.69, 9.17) is 13.7 Å². The number of para-hydroxylation sites is 1. The summed E-state index contributed by atoms with van der Waals surface area (Å²) in [5.41, 5.74) is 3.37. The Balaban J connectivity index is 2.07. The summed E-state index contributed by atoms with van der Waals surface area (Å²) in [6, 6.07) is 15.1. The minimum Gasteiger partial charge on any atom is -0.466 e. The van der Waals surface area contributed by atoms with Crippen molar-refractivity contribution in [2.75, 3.05) is 0 Å². The number of rotatable bonds is 3. The van der Waals surface area contributed by atoms with E-state index >= 15 is 0 Å². The quantitative estimate of drug-likeness (QED) is 0.407. The summed E-state index contributed by atoms with van der Waals surface area (Å²) in [5.74, 6) is -0.260. The van der Waals surface area contributed by atoms with Crippen molar-refractivity contribution in [3.8, 4) is 11.3 Å². The maximum absolute atomic E-state index is 8.42. The third kappa shape index (κ3) is 2.56. The summed E-state index contributed by atoms with van der Waals surface area (Å²) in [6.45, 7) is 11.3. The summed E-state index contributed by atoms with van der Waals surface area (Å²) >= 11 is 0. The van der Waals surface area contributed by atoms with Crippen LogP contribution in [-0.4, -0.2) is 4.98 Å². The number of benzene rings is 2. The molecular formula is C22H18N2O. The van der Waals surface area contributed by atoms with E-state index in [1.54, 1.807) is 12.3 Å². The molecule has 0 N–H and O–H groups in total. The van der Waals surface area contributed by atoms with Crippen molar-refractivity contribution >= 4 is 27.6 Å². The molecule has 25 heavy (non-hydrogen) atoms. The standard InChI is InChI=1S/C22H18N2O/c1-14(2)13-15-10-11-17-16-7-6-8-18(19-9-4-5-12-24-19)21(16)25-22(17)20(15)23-3/h4-12,14H,13H2,1-2H3/i13D2. The zero-order valence-electron chi connectivity index (χ0n) is 16.1. The van der Waals surface area contributed by atoms with Crippen molar-refractivity contribution in [1.29, 1.82) is 0 Å². The Bertz CT molecular complexity index is 1190. The second-order valence-electron chi connectivity index (χ2n) is 6.25. The summed E-state index contributed by atoms with van der Waals surface area (Å²) in [4.78, 5) is 8.06. The van der Waals surface area contributed by atoms with E-state index in [1.165, 1.54) is 0 Å². The van der Waals surface area contributed by atoms with Gasteiger partial charge in [0.1, 0.15) is 11.2 Å². The molecule has 0 amide bonds. The molecule has 0 saturated carbocycles. The van der Waals surface area contributed by atoms with Crippen LogP contribution in [0.25, 0.3) is 38.0 Å². The van der Waals surface area contributed by atoms with E-state index in [-0.39, 0.29) is 11.6 Å². The normalized spacial score (nSPS) is 13.0. The molecule has 0 fully saturated rings. The van der Waals surface area contributed by atoms with Gasteiger partial charge in [-0.15, -0.1) is 0 Å². The molecule has 0 bridgehead atoms. The van der Waals surface area contributed by atoms with Crippen LogP contribution in [-0.2, 0) is 6.37 Å². The molecule has 2 heterocycles. The molecular weight excluding hydrogens is 308 g/mol. The zero-order valence-corrected chi connectivity index (χ0v) is 14.1. The third-order valence-electron chi connectivity index (χ3n) is 4.14. The summed E-state index contributed by atoms with van der Waals surface area (Å²) < 4.78 is 23.0. The van der Waals surface area contributed by atoms with Gasteiger partial charge in [0.25, 0.3) is 0 Å². The zero-order chi connectivity index (χ0) is 19.2. The summed E-state index contributed by atoms with van der Waals surface area (Å²) in [6.07, 6.45) is 0.119. The van der Waals surface area contributed by atoms with Gasteiger partial charge in [0.15, 0.2) is 0 Å². The van der Waals surface area contributed by atoms with Crippen LogP contribution in [0.2, 0.25) is 0 Å². The SMILES string of the molecule is [2H]C([2H])(c1ccc2c(oc3c(-c4ccccn4)cccc32)c1[N+]#[C-])C(C)C. The minimum atomic E-state index is -1.61. The Morgan fingerprint density at radius 3 is 2.64 bits per heavy atom. The first-order chi connectivity index (χ1) is 12.9. The molecule has 2 aromatic carbocycles. The van der Waals surface area contributed by atoms with E-state index < -0.39 is 6.37 Å². The number of fused-ring (bicyclic) bond motifs is 3. The van der Waals surface area contributed by atoms with Crippen LogP contribution in [0.3, 0.4) is 0 Å². The fraction of sp³-hybridized carbons (Fsp3) is 0.182. The Labute approximate surface area is 149 Å². The van der Waals surface area contributed by atoms with Gasteiger partial charge in [-0.2, -0.15) is 0 Å². The lowest BCUT2D eigenvalue weighted by Crippen LogP contribution is -1.93. The van der Waals surface area contributed by atoms with Gasteiger partial charge < -0.3 is 4.42 Å². The fourth-order valence-electron chi connectivity index (χ4n) is 3.11. The first-order valence-electron chi connectivity index (χ1n) is 9.22. The maximum Gasteiger partial charge on any atom is 0.232 e. The van der Waals surface area contributed by atoms with Crippen LogP contribution in [0.15, 0.2) is 59.1 Å². The van der Waals surface area contributed by atoms with Gasteiger partial charge >= 0.3 is 0 Å². The number of hydrogen-bond donors (Lipinski definition) is 0. The lowest BCUT2D eigenvalue weighted by atomic mass is 9.99. The van der Waals surface area contributed by atoms with Gasteiger partial charge in [0.05, 0.1) is 12.3 Å². The molecule has 0 aliphatic heterocycles. The lowest BCUT2D eigenvalue weighted by molar-refractivity contribution is 0.645. The second kappa shape index (κ2) is 6.07. The Kier molecular flexibility index (Phi) is 3.20. The molecule has 3 heteroatoms. The molecule has 2 aromatic heterocycles. The molecule has 0 aliphatic carbocycles. The van der Waals surface area contributed by atoms with Crippen LogP contribution in [0.1, 0.15) is 22.2 Å². The highest BCUT2D eigenvalue weighted by molar-refractivity contribution is 6.12. The number of aromatic nitrogens is 1. The summed E-state index contributed by atoms with van der Waals surface area (Å²) in [5, 5.41) is 1.71. The number of furan rings is 1. The van der Waals surface area contributed by atoms with Crippen LogP contribution >= 0.6 is 0 Å². The first-order valence-corrected chi connectivity index (χ1v) is 8.22. The Morgan fingerprint density at radius 2 is 1.92 bits per heavy atom. The van der Waals surface area contributed by atoms with Crippen molar-refractivity contribution < 1.29 is 7.16 Å². The average molecular weight is 328 g/mol. The minimum absolute atomic E-state index is 0.245. The van der Waals surface area contributed by atoms with Crippen LogP contribution in [0.5, 0.6) is 0 Å². The van der Waals surface area contributed by atoms with E-state index in [0.29, 0.717) is 16.7 Å². The number of pyridine rings is 1. The molecule has 122 valence electrons. The monoisotopic (exact) mass is 328 g/mol. The Morgan fingerprint density at radius 1 is 1.08 bits per heavy atom. The van der Waals surface area contributed by atoms with Crippen molar-refractivity contribution in [2.45, 2.75) is 20.2 Å². The second-order valence-corrected chi connectivity index (χ2v) is 6.25.